The number of carbonyl (C=O) groups excluding carboxylic acids is 1. The quantitative estimate of drug-likeness (QED) is 0.843. The van der Waals surface area contributed by atoms with Crippen LogP contribution >= 0.6 is 11.3 Å². The number of fused-ring (bicyclic) bond motifs is 1. The van der Waals surface area contributed by atoms with Gasteiger partial charge in [0.2, 0.25) is 0 Å². The van der Waals surface area contributed by atoms with Crippen LogP contribution in [0.3, 0.4) is 0 Å². The normalized spacial score (nSPS) is 27.4. The molecule has 5 nitrogen and oxygen atoms in total. The fourth-order valence-corrected chi connectivity index (χ4v) is 4.49. The van der Waals surface area contributed by atoms with E-state index in [-0.39, 0.29) is 24.4 Å². The van der Waals surface area contributed by atoms with Crippen molar-refractivity contribution in [1.82, 2.24) is 9.88 Å². The van der Waals surface area contributed by atoms with Gasteiger partial charge in [0.05, 0.1) is 18.2 Å². The molecule has 4 rings (SSSR count). The van der Waals surface area contributed by atoms with Crippen LogP contribution in [0.2, 0.25) is 0 Å². The highest BCUT2D eigenvalue weighted by Gasteiger charge is 2.49. The highest BCUT2D eigenvalue weighted by Crippen LogP contribution is 2.36. The van der Waals surface area contributed by atoms with E-state index in [0.29, 0.717) is 0 Å². The van der Waals surface area contributed by atoms with Gasteiger partial charge in [0.25, 0.3) is 5.91 Å². The standard InChI is InChI=1S/C18H20FN3O2S/c1-18-12-21(10-16-20-7-9-25-16)8-6-15(18)22(17(23)11-24-18)14-4-2-13(19)3-5-14/h2-5,7,9,15H,6,8,10-12H2,1H3/t15-,18-/m1/s1. The number of aromatic nitrogens is 1. The lowest BCUT2D eigenvalue weighted by molar-refractivity contribution is -0.152. The van der Waals surface area contributed by atoms with Gasteiger partial charge in [-0.25, -0.2) is 9.37 Å². The first-order chi connectivity index (χ1) is 12.0. The van der Waals surface area contributed by atoms with Gasteiger partial charge in [-0.05, 0) is 37.6 Å². The van der Waals surface area contributed by atoms with Crippen LogP contribution in [0.5, 0.6) is 0 Å². The van der Waals surface area contributed by atoms with E-state index in [4.69, 9.17) is 4.74 Å². The number of carbonyl (C=O) groups is 1. The van der Waals surface area contributed by atoms with Crippen molar-refractivity contribution in [2.24, 2.45) is 0 Å². The van der Waals surface area contributed by atoms with E-state index in [0.717, 1.165) is 36.8 Å². The van der Waals surface area contributed by atoms with E-state index >= 15 is 0 Å². The Hall–Kier alpha value is -1.83. The van der Waals surface area contributed by atoms with Gasteiger partial charge in [0.1, 0.15) is 17.4 Å². The van der Waals surface area contributed by atoms with Crippen molar-refractivity contribution in [2.75, 3.05) is 24.6 Å². The van der Waals surface area contributed by atoms with Gasteiger partial charge in [-0.3, -0.25) is 9.69 Å². The average Bonchev–Trinajstić information content (AvgIpc) is 3.09. The number of hydrogen-bond donors (Lipinski definition) is 0. The molecular weight excluding hydrogens is 341 g/mol. The van der Waals surface area contributed by atoms with E-state index in [1.165, 1.54) is 12.1 Å². The summed E-state index contributed by atoms with van der Waals surface area (Å²) in [5, 5.41) is 3.07. The van der Waals surface area contributed by atoms with E-state index in [2.05, 4.69) is 16.8 Å². The summed E-state index contributed by atoms with van der Waals surface area (Å²) >= 11 is 1.65. The molecule has 2 saturated heterocycles. The SMILES string of the molecule is C[C@@]12CN(Cc3nccs3)CC[C@H]1N(c1ccc(F)cc1)C(=O)CO2. The van der Waals surface area contributed by atoms with Crippen LogP contribution in [0.4, 0.5) is 10.1 Å². The molecule has 1 amide bonds. The first-order valence-electron chi connectivity index (χ1n) is 8.37. The van der Waals surface area contributed by atoms with Gasteiger partial charge >= 0.3 is 0 Å². The lowest BCUT2D eigenvalue weighted by Crippen LogP contribution is -2.67. The third-order valence-electron chi connectivity index (χ3n) is 5.01. The number of ether oxygens (including phenoxy) is 1. The Bertz CT molecular complexity index is 752. The summed E-state index contributed by atoms with van der Waals surface area (Å²) in [7, 11) is 0. The topological polar surface area (TPSA) is 45.7 Å². The molecule has 0 aliphatic carbocycles. The Morgan fingerprint density at radius 1 is 1.40 bits per heavy atom. The first-order valence-corrected chi connectivity index (χ1v) is 9.25. The number of likely N-dealkylation sites (tertiary alicyclic amines) is 1. The fourth-order valence-electron chi connectivity index (χ4n) is 3.84. The highest BCUT2D eigenvalue weighted by atomic mass is 32.1. The van der Waals surface area contributed by atoms with Crippen molar-refractivity contribution in [3.8, 4) is 0 Å². The van der Waals surface area contributed by atoms with Crippen molar-refractivity contribution in [2.45, 2.75) is 31.5 Å². The number of nitrogens with zero attached hydrogens (tertiary/aromatic N) is 3. The molecule has 2 fully saturated rings. The zero-order valence-electron chi connectivity index (χ0n) is 14.0. The number of hydrogen-bond acceptors (Lipinski definition) is 5. The van der Waals surface area contributed by atoms with Crippen LogP contribution in [0, 0.1) is 5.82 Å². The lowest BCUT2D eigenvalue weighted by atomic mass is 9.85. The zero-order valence-corrected chi connectivity index (χ0v) is 14.8. The van der Waals surface area contributed by atoms with E-state index < -0.39 is 5.60 Å². The van der Waals surface area contributed by atoms with Crippen molar-refractivity contribution in [3.63, 3.8) is 0 Å². The largest absolute Gasteiger partial charge is 0.362 e. The summed E-state index contributed by atoms with van der Waals surface area (Å²) in [4.78, 5) is 21.0. The third kappa shape index (κ3) is 3.19. The minimum Gasteiger partial charge on any atom is -0.362 e. The first kappa shape index (κ1) is 16.6. The molecule has 0 saturated carbocycles. The second-order valence-corrected chi connectivity index (χ2v) is 7.76. The van der Waals surface area contributed by atoms with Crippen LogP contribution in [0.1, 0.15) is 18.4 Å². The molecule has 1 aromatic carbocycles. The summed E-state index contributed by atoms with van der Waals surface area (Å²) in [6.07, 6.45) is 2.63. The third-order valence-corrected chi connectivity index (χ3v) is 5.78. The number of piperidine rings is 1. The summed E-state index contributed by atoms with van der Waals surface area (Å²) in [5.74, 6) is -0.368. The predicted molar refractivity (Wildman–Crippen MR) is 94.0 cm³/mol. The number of rotatable bonds is 3. The minimum atomic E-state index is -0.447. The molecule has 132 valence electrons. The minimum absolute atomic E-state index is 0.0493. The molecule has 2 aliphatic rings. The van der Waals surface area contributed by atoms with Crippen LogP contribution in [0.15, 0.2) is 35.8 Å². The summed E-state index contributed by atoms with van der Waals surface area (Å²) in [5.41, 5.74) is 0.289. The molecule has 0 bridgehead atoms. The molecule has 7 heteroatoms. The van der Waals surface area contributed by atoms with Gasteiger partial charge in [-0.2, -0.15) is 0 Å². The molecule has 2 atom stereocenters. The van der Waals surface area contributed by atoms with Crippen LogP contribution in [0.25, 0.3) is 0 Å². The maximum atomic E-state index is 13.3. The fraction of sp³-hybridized carbons (Fsp3) is 0.444. The molecule has 25 heavy (non-hydrogen) atoms. The Balaban J connectivity index is 1.56. The molecule has 2 aliphatic heterocycles. The second kappa shape index (κ2) is 6.48. The smallest absolute Gasteiger partial charge is 0.253 e. The molecule has 0 unspecified atom stereocenters. The maximum absolute atomic E-state index is 13.3. The van der Waals surface area contributed by atoms with Gasteiger partial charge in [0, 0.05) is 30.4 Å². The highest BCUT2D eigenvalue weighted by molar-refractivity contribution is 7.09. The van der Waals surface area contributed by atoms with Crippen molar-refractivity contribution in [3.05, 3.63) is 46.7 Å². The number of halogens is 1. The Labute approximate surface area is 150 Å². The maximum Gasteiger partial charge on any atom is 0.253 e. The Morgan fingerprint density at radius 2 is 2.20 bits per heavy atom. The second-order valence-electron chi connectivity index (χ2n) is 6.78. The van der Waals surface area contributed by atoms with E-state index in [1.54, 1.807) is 28.4 Å². The Morgan fingerprint density at radius 3 is 2.92 bits per heavy atom. The molecule has 2 aromatic rings. The van der Waals surface area contributed by atoms with Crippen molar-refractivity contribution >= 4 is 22.9 Å². The lowest BCUT2D eigenvalue weighted by Gasteiger charge is -2.52. The van der Waals surface area contributed by atoms with Crippen LogP contribution in [-0.2, 0) is 16.1 Å². The summed E-state index contributed by atoms with van der Waals surface area (Å²) in [6, 6.07) is 6.08. The van der Waals surface area contributed by atoms with Gasteiger partial charge < -0.3 is 9.64 Å². The molecule has 3 heterocycles. The van der Waals surface area contributed by atoms with Gasteiger partial charge in [0.15, 0.2) is 0 Å². The van der Waals surface area contributed by atoms with Crippen LogP contribution in [-0.4, -0.2) is 47.1 Å². The van der Waals surface area contributed by atoms with Gasteiger partial charge in [-0.1, -0.05) is 0 Å². The average molecular weight is 361 g/mol. The van der Waals surface area contributed by atoms with E-state index in [9.17, 15) is 9.18 Å². The molecule has 0 radical (unpaired) electrons. The molecule has 1 aromatic heterocycles. The Kier molecular flexibility index (Phi) is 4.31. The number of anilines is 1. The monoisotopic (exact) mass is 361 g/mol. The molecule has 0 N–H and O–H groups in total. The number of amides is 1. The van der Waals surface area contributed by atoms with Gasteiger partial charge in [-0.15, -0.1) is 11.3 Å². The number of morpholine rings is 1. The number of thiazole rings is 1. The van der Waals surface area contributed by atoms with E-state index in [1.807, 2.05) is 11.6 Å². The van der Waals surface area contributed by atoms with Crippen molar-refractivity contribution in [1.29, 1.82) is 0 Å². The number of benzene rings is 1. The summed E-state index contributed by atoms with van der Waals surface area (Å²) < 4.78 is 19.2. The molecular formula is C18H20FN3O2S. The molecule has 0 spiro atoms. The predicted octanol–water partition coefficient (Wildman–Crippen LogP) is 2.68. The zero-order chi connectivity index (χ0) is 17.4. The summed E-state index contributed by atoms with van der Waals surface area (Å²) in [6.45, 7) is 4.52. The van der Waals surface area contributed by atoms with Crippen LogP contribution < -0.4 is 4.90 Å². The van der Waals surface area contributed by atoms with Crippen molar-refractivity contribution < 1.29 is 13.9 Å².